The first-order chi connectivity index (χ1) is 3.63. The summed E-state index contributed by atoms with van der Waals surface area (Å²) in [6.07, 6.45) is 0. The Balaban J connectivity index is 3.18. The van der Waals surface area contributed by atoms with E-state index in [2.05, 4.69) is 5.73 Å². The van der Waals surface area contributed by atoms with Crippen molar-refractivity contribution < 1.29 is 13.6 Å². The molecule has 5 N–H and O–H groups in total. The van der Waals surface area contributed by atoms with Gasteiger partial charge in [0.1, 0.15) is 0 Å². The van der Waals surface area contributed by atoms with Crippen LogP contribution in [0.3, 0.4) is 0 Å². The van der Waals surface area contributed by atoms with Gasteiger partial charge in [0.05, 0.1) is 0 Å². The Morgan fingerprint density at radius 2 is 2.25 bits per heavy atom. The number of primary amides is 1. The van der Waals surface area contributed by atoms with Gasteiger partial charge in [-0.05, 0) is 0 Å². The molecule has 0 aliphatic heterocycles. The van der Waals surface area contributed by atoms with E-state index in [1.807, 2.05) is 0 Å². The van der Waals surface area contributed by atoms with Crippen LogP contribution >= 0.6 is 0 Å². The average molecular weight is 139 g/mol. The van der Waals surface area contributed by atoms with Crippen LogP contribution in [0.2, 0.25) is 0 Å². The molecular weight excluding hydrogens is 134 g/mol. The zero-order valence-electron chi connectivity index (χ0n) is 3.75. The monoisotopic (exact) mass is 139 g/mol. The Morgan fingerprint density at radius 1 is 1.75 bits per heavy atom. The van der Waals surface area contributed by atoms with Crippen molar-refractivity contribution >= 4 is 17.3 Å². The van der Waals surface area contributed by atoms with Crippen LogP contribution in [-0.4, -0.2) is 14.8 Å². The van der Waals surface area contributed by atoms with Crippen molar-refractivity contribution in [3.8, 4) is 0 Å². The molecule has 7 heteroatoms. The molecular formula is CH5N3O3S. The van der Waals surface area contributed by atoms with E-state index in [0.29, 0.717) is 0 Å². The van der Waals surface area contributed by atoms with E-state index in [-0.39, 0.29) is 0 Å². The van der Waals surface area contributed by atoms with Gasteiger partial charge in [0.2, 0.25) is 0 Å². The van der Waals surface area contributed by atoms with E-state index in [1.165, 1.54) is 0 Å². The molecule has 48 valence electrons. The predicted molar refractivity (Wildman–Crippen MR) is 26.6 cm³/mol. The zero-order valence-corrected chi connectivity index (χ0v) is 4.57. The minimum absolute atomic E-state index is 0.910. The number of hydrogen-bond acceptors (Lipinski definition) is 2. The van der Waals surface area contributed by atoms with E-state index in [1.54, 1.807) is 10.3 Å². The summed E-state index contributed by atoms with van der Waals surface area (Å²) in [4.78, 5) is 11.4. The summed E-state index contributed by atoms with van der Waals surface area (Å²) in [5.41, 5.74) is 6.17. The summed E-state index contributed by atoms with van der Waals surface area (Å²) in [6, 6.07) is -0.910. The molecule has 0 radical (unpaired) electrons. The zero-order chi connectivity index (χ0) is 6.57. The molecule has 0 rings (SSSR count). The van der Waals surface area contributed by atoms with Gasteiger partial charge in [-0.15, -0.1) is 4.83 Å². The lowest BCUT2D eigenvalue weighted by Crippen LogP contribution is -2.41. The minimum atomic E-state index is -2.25. The lowest BCUT2D eigenvalue weighted by molar-refractivity contribution is 0.247. The van der Waals surface area contributed by atoms with Crippen molar-refractivity contribution in [1.29, 1.82) is 0 Å². The Labute approximate surface area is 47.8 Å². The maximum Gasteiger partial charge on any atom is 0.327 e. The SMILES string of the molecule is NC(=O)NNS(=O)O. The normalized spacial score (nSPS) is 12.6. The number of amides is 2. The average Bonchev–Trinajstić information content (AvgIpc) is 1.61. The lowest BCUT2D eigenvalue weighted by atomic mass is 11.2. The molecule has 1 unspecified atom stereocenters. The van der Waals surface area contributed by atoms with Crippen molar-refractivity contribution in [3.05, 3.63) is 0 Å². The van der Waals surface area contributed by atoms with Crippen LogP contribution in [0, 0.1) is 0 Å². The maximum absolute atomic E-state index is 9.71. The van der Waals surface area contributed by atoms with Crippen LogP contribution in [0.1, 0.15) is 0 Å². The van der Waals surface area contributed by atoms with Crippen LogP contribution in [0.5, 0.6) is 0 Å². The van der Waals surface area contributed by atoms with Crippen LogP contribution in [0.4, 0.5) is 4.79 Å². The molecule has 6 nitrogen and oxygen atoms in total. The first-order valence-corrected chi connectivity index (χ1v) is 2.65. The molecule has 0 fully saturated rings. The molecule has 0 bridgehead atoms. The first-order valence-electron chi connectivity index (χ1n) is 1.55. The van der Waals surface area contributed by atoms with Gasteiger partial charge in [-0.3, -0.25) is 9.98 Å². The predicted octanol–water partition coefficient (Wildman–Crippen LogP) is -1.70. The maximum atomic E-state index is 9.71. The van der Waals surface area contributed by atoms with Crippen molar-refractivity contribution in [2.45, 2.75) is 0 Å². The number of carbonyl (C=O) groups is 1. The summed E-state index contributed by atoms with van der Waals surface area (Å²) < 4.78 is 17.5. The Bertz CT molecular complexity index is 99.1. The van der Waals surface area contributed by atoms with Gasteiger partial charge in [-0.1, -0.05) is 0 Å². The number of nitrogens with one attached hydrogen (secondary N) is 2. The second-order valence-electron chi connectivity index (χ2n) is 0.840. The third-order valence-corrected chi connectivity index (χ3v) is 0.538. The molecule has 0 aliphatic carbocycles. The smallest absolute Gasteiger partial charge is 0.327 e. The van der Waals surface area contributed by atoms with E-state index >= 15 is 0 Å². The quantitative estimate of drug-likeness (QED) is 0.270. The highest BCUT2D eigenvalue weighted by Gasteiger charge is 1.90. The largest absolute Gasteiger partial charge is 0.351 e. The number of hydrazine groups is 1. The number of rotatable bonds is 2. The molecule has 0 saturated carbocycles. The molecule has 0 spiro atoms. The van der Waals surface area contributed by atoms with E-state index in [4.69, 9.17) is 4.55 Å². The van der Waals surface area contributed by atoms with Gasteiger partial charge in [-0.2, -0.15) is 0 Å². The van der Waals surface area contributed by atoms with Crippen molar-refractivity contribution in [2.24, 2.45) is 5.73 Å². The molecule has 0 aromatic rings. The van der Waals surface area contributed by atoms with Crippen LogP contribution in [0.15, 0.2) is 0 Å². The summed E-state index contributed by atoms with van der Waals surface area (Å²) in [5, 5.41) is 0. The highest BCUT2D eigenvalue weighted by Crippen LogP contribution is 1.54. The second-order valence-corrected chi connectivity index (χ2v) is 1.54. The summed E-state index contributed by atoms with van der Waals surface area (Å²) >= 11 is -2.25. The number of urea groups is 1. The highest BCUT2D eigenvalue weighted by molar-refractivity contribution is 7.77. The summed E-state index contributed by atoms with van der Waals surface area (Å²) in [6.45, 7) is 0. The fourth-order valence-corrected chi connectivity index (χ4v) is 0.282. The topological polar surface area (TPSA) is 104 Å². The third kappa shape index (κ3) is 5.34. The minimum Gasteiger partial charge on any atom is -0.351 e. The van der Waals surface area contributed by atoms with Crippen LogP contribution in [0.25, 0.3) is 0 Å². The number of nitrogens with two attached hydrogens (primary N) is 1. The summed E-state index contributed by atoms with van der Waals surface area (Å²) in [5.74, 6) is 0. The van der Waals surface area contributed by atoms with Gasteiger partial charge in [0.25, 0.3) is 11.3 Å². The lowest BCUT2D eigenvalue weighted by Gasteiger charge is -1.95. The van der Waals surface area contributed by atoms with Crippen LogP contribution < -0.4 is 16.0 Å². The fraction of sp³-hybridized carbons (Fsp3) is 0. The Hall–Kier alpha value is -0.660. The molecule has 1 atom stereocenters. The molecule has 0 saturated heterocycles. The molecule has 0 heterocycles. The number of hydrogen-bond donors (Lipinski definition) is 4. The van der Waals surface area contributed by atoms with Gasteiger partial charge < -0.3 is 5.73 Å². The Kier molecular flexibility index (Phi) is 3.08. The van der Waals surface area contributed by atoms with Gasteiger partial charge in [0.15, 0.2) is 0 Å². The molecule has 0 aliphatic rings. The highest BCUT2D eigenvalue weighted by atomic mass is 32.2. The van der Waals surface area contributed by atoms with Crippen molar-refractivity contribution in [2.75, 3.05) is 0 Å². The third-order valence-electron chi connectivity index (χ3n) is 0.262. The van der Waals surface area contributed by atoms with Gasteiger partial charge in [-0.25, -0.2) is 9.00 Å². The standard InChI is InChI=1S/CH5N3O3S/c2-1(5)3-4-8(6)7/h4H,(H,6,7)(H3,2,3,5). The van der Waals surface area contributed by atoms with E-state index in [9.17, 15) is 9.00 Å². The van der Waals surface area contributed by atoms with Crippen LogP contribution in [-0.2, 0) is 11.3 Å². The molecule has 2 amide bonds. The number of carbonyl (C=O) groups excluding carboxylic acids is 1. The summed E-state index contributed by atoms with van der Waals surface area (Å²) in [7, 11) is 0. The van der Waals surface area contributed by atoms with Gasteiger partial charge in [0, 0.05) is 0 Å². The molecule has 8 heavy (non-hydrogen) atoms. The second kappa shape index (κ2) is 3.36. The van der Waals surface area contributed by atoms with E-state index in [0.717, 1.165) is 0 Å². The first kappa shape index (κ1) is 7.34. The van der Waals surface area contributed by atoms with E-state index < -0.39 is 17.3 Å². The molecule has 0 aromatic heterocycles. The van der Waals surface area contributed by atoms with Crippen molar-refractivity contribution in [1.82, 2.24) is 10.3 Å². The van der Waals surface area contributed by atoms with Gasteiger partial charge >= 0.3 is 6.03 Å². The fourth-order valence-electron chi connectivity index (χ4n) is 0.0940. The van der Waals surface area contributed by atoms with Crippen molar-refractivity contribution in [3.63, 3.8) is 0 Å². The molecule has 0 aromatic carbocycles. The Morgan fingerprint density at radius 3 is 2.38 bits per heavy atom.